The third-order valence-corrected chi connectivity index (χ3v) is 5.07. The van der Waals surface area contributed by atoms with Crippen LogP contribution in [0.5, 0.6) is 5.75 Å². The maximum absolute atomic E-state index is 13.7. The zero-order chi connectivity index (χ0) is 15.7. The minimum atomic E-state index is -3.68. The number of hydrogen-bond donors (Lipinski definition) is 0. The van der Waals surface area contributed by atoms with Crippen LogP contribution in [0.4, 0.5) is 10.1 Å². The van der Waals surface area contributed by atoms with Gasteiger partial charge in [0, 0.05) is 0 Å². The molecule has 0 spiro atoms. The number of methoxy groups -OCH3 is 1. The van der Waals surface area contributed by atoms with Crippen molar-refractivity contribution in [1.29, 1.82) is 0 Å². The summed E-state index contributed by atoms with van der Waals surface area (Å²) in [7, 11) is -2.31. The molecule has 5 nitrogen and oxygen atoms in total. The Labute approximate surface area is 127 Å². The lowest BCUT2D eigenvalue weighted by atomic mass is 10.2. The highest BCUT2D eigenvalue weighted by Gasteiger charge is 2.28. The molecule has 1 aliphatic rings. The van der Waals surface area contributed by atoms with Gasteiger partial charge in [0.15, 0.2) is 11.6 Å². The van der Waals surface area contributed by atoms with Crippen LogP contribution in [-0.2, 0) is 16.6 Å². The summed E-state index contributed by atoms with van der Waals surface area (Å²) < 4.78 is 44.7. The van der Waals surface area contributed by atoms with E-state index < -0.39 is 15.8 Å². The van der Waals surface area contributed by atoms with Crippen LogP contribution >= 0.6 is 0 Å². The van der Waals surface area contributed by atoms with Crippen LogP contribution in [0.2, 0.25) is 0 Å². The molecule has 0 bridgehead atoms. The molecule has 2 aromatic carbocycles. The van der Waals surface area contributed by atoms with Gasteiger partial charge >= 0.3 is 0 Å². The van der Waals surface area contributed by atoms with E-state index in [1.54, 1.807) is 24.3 Å². The quantitative estimate of drug-likeness (QED) is 0.873. The van der Waals surface area contributed by atoms with Crippen molar-refractivity contribution in [2.45, 2.75) is 11.4 Å². The molecule has 0 aromatic heterocycles. The van der Waals surface area contributed by atoms with Gasteiger partial charge < -0.3 is 4.74 Å². The fourth-order valence-corrected chi connectivity index (χ4v) is 3.59. The zero-order valence-electron chi connectivity index (χ0n) is 11.7. The van der Waals surface area contributed by atoms with Gasteiger partial charge in [-0.1, -0.05) is 18.2 Å². The molecule has 3 rings (SSSR count). The van der Waals surface area contributed by atoms with Gasteiger partial charge in [-0.25, -0.2) is 17.8 Å². The first-order valence-corrected chi connectivity index (χ1v) is 7.94. The molecule has 0 aliphatic carbocycles. The van der Waals surface area contributed by atoms with Gasteiger partial charge in [0.25, 0.3) is 10.0 Å². The fourth-order valence-electron chi connectivity index (χ4n) is 2.21. The van der Waals surface area contributed by atoms with E-state index in [2.05, 4.69) is 4.99 Å². The summed E-state index contributed by atoms with van der Waals surface area (Å²) in [6.07, 6.45) is 1.25. The highest BCUT2D eigenvalue weighted by atomic mass is 32.2. The molecule has 1 heterocycles. The van der Waals surface area contributed by atoms with Crippen molar-refractivity contribution >= 4 is 22.0 Å². The van der Waals surface area contributed by atoms with E-state index in [9.17, 15) is 12.8 Å². The monoisotopic (exact) mass is 320 g/mol. The second kappa shape index (κ2) is 5.42. The van der Waals surface area contributed by atoms with Crippen molar-refractivity contribution in [3.8, 4) is 5.75 Å². The summed E-state index contributed by atoms with van der Waals surface area (Å²) in [5.41, 5.74) is 0.910. The first kappa shape index (κ1) is 14.5. The molecule has 0 N–H and O–H groups in total. The largest absolute Gasteiger partial charge is 0.494 e. The van der Waals surface area contributed by atoms with Crippen LogP contribution in [0.3, 0.4) is 0 Å². The predicted molar refractivity (Wildman–Crippen MR) is 80.3 cm³/mol. The van der Waals surface area contributed by atoms with E-state index in [0.717, 1.165) is 4.31 Å². The summed E-state index contributed by atoms with van der Waals surface area (Å²) in [5, 5.41) is 0. The number of ether oxygens (including phenoxy) is 1. The summed E-state index contributed by atoms with van der Waals surface area (Å²) in [4.78, 5) is 4.27. The highest BCUT2D eigenvalue weighted by Crippen LogP contribution is 2.31. The topological polar surface area (TPSA) is 59.0 Å². The number of benzene rings is 2. The number of halogens is 1. The van der Waals surface area contributed by atoms with Crippen molar-refractivity contribution < 1.29 is 17.5 Å². The Morgan fingerprint density at radius 1 is 1.23 bits per heavy atom. The SMILES string of the molecule is COc1ccc(CN2C=Nc3ccccc3S2(=O)=O)cc1F. The Hall–Kier alpha value is -2.41. The van der Waals surface area contributed by atoms with Crippen LogP contribution in [0.1, 0.15) is 5.56 Å². The Bertz CT molecular complexity index is 850. The van der Waals surface area contributed by atoms with Gasteiger partial charge in [-0.3, -0.25) is 4.31 Å². The van der Waals surface area contributed by atoms with E-state index in [1.807, 2.05) is 0 Å². The molecule has 0 amide bonds. The fraction of sp³-hybridized carbons (Fsp3) is 0.133. The number of aliphatic imine (C=N–C) groups is 1. The number of nitrogens with zero attached hydrogens (tertiary/aromatic N) is 2. The molecule has 7 heteroatoms. The second-order valence-electron chi connectivity index (χ2n) is 4.73. The average Bonchev–Trinajstić information content (AvgIpc) is 2.51. The normalized spacial score (nSPS) is 15.5. The van der Waals surface area contributed by atoms with Gasteiger partial charge in [0.1, 0.15) is 11.2 Å². The van der Waals surface area contributed by atoms with Gasteiger partial charge in [-0.15, -0.1) is 0 Å². The second-order valence-corrected chi connectivity index (χ2v) is 6.59. The molecule has 1 aliphatic heterocycles. The lowest BCUT2D eigenvalue weighted by molar-refractivity contribution is 0.386. The van der Waals surface area contributed by atoms with Crippen LogP contribution < -0.4 is 4.74 Å². The number of hydrogen-bond acceptors (Lipinski definition) is 4. The van der Waals surface area contributed by atoms with Crippen LogP contribution in [0, 0.1) is 5.82 Å². The lowest BCUT2D eigenvalue weighted by Crippen LogP contribution is -2.31. The lowest BCUT2D eigenvalue weighted by Gasteiger charge is -2.24. The van der Waals surface area contributed by atoms with Crippen molar-refractivity contribution in [3.63, 3.8) is 0 Å². The van der Waals surface area contributed by atoms with Gasteiger partial charge in [-0.2, -0.15) is 0 Å². The minimum absolute atomic E-state index is 0.00107. The molecule has 0 saturated carbocycles. The number of sulfonamides is 1. The zero-order valence-corrected chi connectivity index (χ0v) is 12.5. The molecule has 0 radical (unpaired) electrons. The van der Waals surface area contributed by atoms with Crippen LogP contribution in [0.15, 0.2) is 52.4 Å². The standard InChI is InChI=1S/C15H13FN2O3S/c1-21-14-7-6-11(8-12(14)16)9-18-10-17-13-4-2-3-5-15(13)22(18,19)20/h2-8,10H,9H2,1H3. The Kier molecular flexibility index (Phi) is 3.58. The average molecular weight is 320 g/mol. The molecule has 114 valence electrons. The van der Waals surface area contributed by atoms with Crippen molar-refractivity contribution in [2.75, 3.05) is 7.11 Å². The summed E-state index contributed by atoms with van der Waals surface area (Å²) >= 11 is 0. The Morgan fingerprint density at radius 3 is 2.73 bits per heavy atom. The molecule has 2 aromatic rings. The van der Waals surface area contributed by atoms with Gasteiger partial charge in [-0.05, 0) is 29.8 Å². The number of fused-ring (bicyclic) bond motifs is 1. The maximum Gasteiger partial charge on any atom is 0.267 e. The molecule has 0 atom stereocenters. The predicted octanol–water partition coefficient (Wildman–Crippen LogP) is 2.70. The van der Waals surface area contributed by atoms with Gasteiger partial charge in [0.05, 0.1) is 19.3 Å². The molecule has 0 fully saturated rings. The maximum atomic E-state index is 13.7. The van der Waals surface area contributed by atoms with E-state index in [-0.39, 0.29) is 17.2 Å². The number of para-hydroxylation sites is 1. The van der Waals surface area contributed by atoms with Crippen molar-refractivity contribution in [2.24, 2.45) is 4.99 Å². The third-order valence-electron chi connectivity index (χ3n) is 3.33. The first-order valence-electron chi connectivity index (χ1n) is 6.50. The molecule has 0 saturated heterocycles. The third kappa shape index (κ3) is 2.43. The molecule has 0 unspecified atom stereocenters. The summed E-state index contributed by atoms with van der Waals surface area (Å²) in [5.74, 6) is -0.420. The van der Waals surface area contributed by atoms with E-state index >= 15 is 0 Å². The van der Waals surface area contributed by atoms with Crippen molar-refractivity contribution in [3.05, 3.63) is 53.8 Å². The van der Waals surface area contributed by atoms with E-state index in [0.29, 0.717) is 11.3 Å². The van der Waals surface area contributed by atoms with E-state index in [1.165, 1.54) is 31.6 Å². The van der Waals surface area contributed by atoms with Crippen molar-refractivity contribution in [1.82, 2.24) is 4.31 Å². The molecular weight excluding hydrogens is 307 g/mol. The van der Waals surface area contributed by atoms with E-state index in [4.69, 9.17) is 4.74 Å². The summed E-state index contributed by atoms with van der Waals surface area (Å²) in [6.45, 7) is 0.00107. The number of rotatable bonds is 3. The first-order chi connectivity index (χ1) is 10.5. The Morgan fingerprint density at radius 2 is 2.00 bits per heavy atom. The summed E-state index contributed by atoms with van der Waals surface area (Å²) in [6, 6.07) is 10.8. The minimum Gasteiger partial charge on any atom is -0.494 e. The molecule has 22 heavy (non-hydrogen) atoms. The van der Waals surface area contributed by atoms with Gasteiger partial charge in [0.2, 0.25) is 0 Å². The molecular formula is C15H13FN2O3S. The van der Waals surface area contributed by atoms with Crippen LogP contribution in [-0.4, -0.2) is 26.2 Å². The Balaban J connectivity index is 1.93. The van der Waals surface area contributed by atoms with Crippen LogP contribution in [0.25, 0.3) is 0 Å². The highest BCUT2D eigenvalue weighted by molar-refractivity contribution is 7.89. The smallest absolute Gasteiger partial charge is 0.267 e.